The fraction of sp³-hybridized carbons (Fsp3) is 0.364. The van der Waals surface area contributed by atoms with Crippen molar-refractivity contribution in [1.82, 2.24) is 5.32 Å². The highest BCUT2D eigenvalue weighted by atomic mass is 19.3. The Labute approximate surface area is 92.1 Å². The highest BCUT2D eigenvalue weighted by molar-refractivity contribution is 5.79. The molecule has 16 heavy (non-hydrogen) atoms. The SMILES string of the molecule is Cc1ccc(C(O)CNC(=O)C(F)F)cc1. The highest BCUT2D eigenvalue weighted by Gasteiger charge is 2.16. The summed E-state index contributed by atoms with van der Waals surface area (Å²) in [7, 11) is 0. The van der Waals surface area contributed by atoms with Crippen molar-refractivity contribution < 1.29 is 18.7 Å². The first-order chi connectivity index (χ1) is 7.50. The van der Waals surface area contributed by atoms with Crippen LogP contribution >= 0.6 is 0 Å². The average molecular weight is 229 g/mol. The zero-order valence-electron chi connectivity index (χ0n) is 8.78. The van der Waals surface area contributed by atoms with Crippen LogP contribution in [0, 0.1) is 6.92 Å². The normalized spacial score (nSPS) is 12.6. The van der Waals surface area contributed by atoms with E-state index < -0.39 is 18.4 Å². The van der Waals surface area contributed by atoms with E-state index in [1.165, 1.54) is 0 Å². The van der Waals surface area contributed by atoms with Gasteiger partial charge in [0.25, 0.3) is 5.91 Å². The summed E-state index contributed by atoms with van der Waals surface area (Å²) >= 11 is 0. The van der Waals surface area contributed by atoms with Crippen LogP contribution in [0.15, 0.2) is 24.3 Å². The van der Waals surface area contributed by atoms with Crippen molar-refractivity contribution in [3.8, 4) is 0 Å². The number of hydrogen-bond acceptors (Lipinski definition) is 2. The van der Waals surface area contributed by atoms with E-state index >= 15 is 0 Å². The molecule has 3 nitrogen and oxygen atoms in total. The van der Waals surface area contributed by atoms with Gasteiger partial charge in [-0.3, -0.25) is 4.79 Å². The van der Waals surface area contributed by atoms with Crippen LogP contribution in [0.25, 0.3) is 0 Å². The lowest BCUT2D eigenvalue weighted by Gasteiger charge is -2.12. The number of nitrogens with one attached hydrogen (secondary N) is 1. The van der Waals surface area contributed by atoms with E-state index in [2.05, 4.69) is 0 Å². The summed E-state index contributed by atoms with van der Waals surface area (Å²) in [6.45, 7) is 1.68. The second-order valence-electron chi connectivity index (χ2n) is 3.47. The molecule has 0 heterocycles. The molecule has 0 aliphatic carbocycles. The number of rotatable bonds is 4. The van der Waals surface area contributed by atoms with Gasteiger partial charge < -0.3 is 10.4 Å². The van der Waals surface area contributed by atoms with E-state index in [4.69, 9.17) is 0 Å². The molecule has 0 fully saturated rings. The van der Waals surface area contributed by atoms with Gasteiger partial charge in [0.05, 0.1) is 6.10 Å². The van der Waals surface area contributed by atoms with Crippen LogP contribution < -0.4 is 5.32 Å². The molecule has 0 saturated carbocycles. The maximum Gasteiger partial charge on any atom is 0.315 e. The van der Waals surface area contributed by atoms with Crippen LogP contribution in [0.5, 0.6) is 0 Å². The number of amides is 1. The number of alkyl halides is 2. The summed E-state index contributed by atoms with van der Waals surface area (Å²) in [5.41, 5.74) is 1.62. The van der Waals surface area contributed by atoms with Gasteiger partial charge in [-0.05, 0) is 12.5 Å². The second-order valence-corrected chi connectivity index (χ2v) is 3.47. The third-order valence-electron chi connectivity index (χ3n) is 2.13. The van der Waals surface area contributed by atoms with Crippen molar-refractivity contribution in [2.45, 2.75) is 19.5 Å². The Morgan fingerprint density at radius 1 is 1.38 bits per heavy atom. The number of carbonyl (C=O) groups excluding carboxylic acids is 1. The minimum Gasteiger partial charge on any atom is -0.387 e. The van der Waals surface area contributed by atoms with Crippen LogP contribution in [0.2, 0.25) is 0 Å². The minimum absolute atomic E-state index is 0.216. The van der Waals surface area contributed by atoms with E-state index in [1.807, 2.05) is 12.2 Å². The van der Waals surface area contributed by atoms with Gasteiger partial charge in [0, 0.05) is 6.54 Å². The van der Waals surface area contributed by atoms with Crippen molar-refractivity contribution in [2.75, 3.05) is 6.54 Å². The van der Waals surface area contributed by atoms with Crippen LogP contribution in [0.3, 0.4) is 0 Å². The monoisotopic (exact) mass is 229 g/mol. The van der Waals surface area contributed by atoms with Gasteiger partial charge in [0.2, 0.25) is 0 Å². The molecule has 2 N–H and O–H groups in total. The van der Waals surface area contributed by atoms with E-state index in [9.17, 15) is 18.7 Å². The molecular weight excluding hydrogens is 216 g/mol. The summed E-state index contributed by atoms with van der Waals surface area (Å²) in [6.07, 6.45) is -4.02. The molecule has 1 aromatic carbocycles. The first kappa shape index (κ1) is 12.6. The lowest BCUT2D eigenvalue weighted by Crippen LogP contribution is -2.33. The maximum atomic E-state index is 11.8. The largest absolute Gasteiger partial charge is 0.387 e. The summed E-state index contributed by atoms with van der Waals surface area (Å²) in [5, 5.41) is 11.5. The fourth-order valence-electron chi connectivity index (χ4n) is 1.18. The summed E-state index contributed by atoms with van der Waals surface area (Å²) in [5.74, 6) is -1.37. The molecule has 0 bridgehead atoms. The summed E-state index contributed by atoms with van der Waals surface area (Å²) < 4.78 is 23.7. The van der Waals surface area contributed by atoms with Gasteiger partial charge in [-0.25, -0.2) is 0 Å². The standard InChI is InChI=1S/C11H13F2NO2/c1-7-2-4-8(5-3-7)9(15)6-14-11(16)10(12)13/h2-5,9-10,15H,6H2,1H3,(H,14,16). The van der Waals surface area contributed by atoms with Gasteiger partial charge >= 0.3 is 6.43 Å². The number of carbonyl (C=O) groups is 1. The lowest BCUT2D eigenvalue weighted by molar-refractivity contribution is -0.132. The van der Waals surface area contributed by atoms with Crippen LogP contribution in [-0.2, 0) is 4.79 Å². The molecule has 1 atom stereocenters. The molecule has 88 valence electrons. The topological polar surface area (TPSA) is 49.3 Å². The molecule has 0 saturated heterocycles. The predicted molar refractivity (Wildman–Crippen MR) is 55.2 cm³/mol. The fourth-order valence-corrected chi connectivity index (χ4v) is 1.18. The molecule has 1 aromatic rings. The molecule has 0 spiro atoms. The number of aliphatic hydroxyl groups excluding tert-OH is 1. The van der Waals surface area contributed by atoms with Gasteiger partial charge in [0.1, 0.15) is 0 Å². The second kappa shape index (κ2) is 5.55. The predicted octanol–water partition coefficient (Wildman–Crippen LogP) is 1.41. The van der Waals surface area contributed by atoms with Crippen molar-refractivity contribution >= 4 is 5.91 Å². The molecule has 1 unspecified atom stereocenters. The summed E-state index contributed by atoms with van der Waals surface area (Å²) in [6, 6.07) is 6.98. The van der Waals surface area contributed by atoms with Gasteiger partial charge in [0.15, 0.2) is 0 Å². The Morgan fingerprint density at radius 2 is 1.94 bits per heavy atom. The first-order valence-electron chi connectivity index (χ1n) is 4.81. The zero-order chi connectivity index (χ0) is 12.1. The average Bonchev–Trinajstić information content (AvgIpc) is 2.26. The maximum absolute atomic E-state index is 11.8. The molecule has 0 aromatic heterocycles. The van der Waals surface area contributed by atoms with Gasteiger partial charge in [-0.1, -0.05) is 29.8 Å². The lowest BCUT2D eigenvalue weighted by atomic mass is 10.1. The Kier molecular flexibility index (Phi) is 4.37. The van der Waals surface area contributed by atoms with Crippen molar-refractivity contribution in [3.05, 3.63) is 35.4 Å². The van der Waals surface area contributed by atoms with E-state index in [0.29, 0.717) is 5.56 Å². The molecular formula is C11H13F2NO2. The minimum atomic E-state index is -3.05. The van der Waals surface area contributed by atoms with E-state index in [0.717, 1.165) is 5.56 Å². The number of hydrogen-bond donors (Lipinski definition) is 2. The Balaban J connectivity index is 2.49. The van der Waals surface area contributed by atoms with E-state index in [1.54, 1.807) is 24.3 Å². The van der Waals surface area contributed by atoms with Crippen LogP contribution in [0.4, 0.5) is 8.78 Å². The highest BCUT2D eigenvalue weighted by Crippen LogP contribution is 2.12. The number of aryl methyl sites for hydroxylation is 1. The third-order valence-corrected chi connectivity index (χ3v) is 2.13. The summed E-state index contributed by atoms with van der Waals surface area (Å²) in [4.78, 5) is 10.6. The van der Waals surface area contributed by atoms with Crippen molar-refractivity contribution in [2.24, 2.45) is 0 Å². The van der Waals surface area contributed by atoms with E-state index in [-0.39, 0.29) is 6.54 Å². The van der Waals surface area contributed by atoms with Gasteiger partial charge in [-0.15, -0.1) is 0 Å². The Hall–Kier alpha value is -1.49. The molecule has 1 amide bonds. The Morgan fingerprint density at radius 3 is 2.44 bits per heavy atom. The van der Waals surface area contributed by atoms with Crippen molar-refractivity contribution in [1.29, 1.82) is 0 Å². The molecule has 1 rings (SSSR count). The third kappa shape index (κ3) is 3.58. The number of aliphatic hydroxyl groups is 1. The smallest absolute Gasteiger partial charge is 0.315 e. The van der Waals surface area contributed by atoms with Crippen LogP contribution in [0.1, 0.15) is 17.2 Å². The van der Waals surface area contributed by atoms with Gasteiger partial charge in [-0.2, -0.15) is 8.78 Å². The quantitative estimate of drug-likeness (QED) is 0.820. The molecule has 0 aliphatic rings. The zero-order valence-corrected chi connectivity index (χ0v) is 8.78. The Bertz CT molecular complexity index is 352. The number of benzene rings is 1. The molecule has 5 heteroatoms. The van der Waals surface area contributed by atoms with Crippen LogP contribution in [-0.4, -0.2) is 24.0 Å². The molecule has 0 aliphatic heterocycles. The first-order valence-corrected chi connectivity index (χ1v) is 4.81. The number of halogens is 2. The van der Waals surface area contributed by atoms with Crippen molar-refractivity contribution in [3.63, 3.8) is 0 Å². The molecule has 0 radical (unpaired) electrons.